The predicted octanol–water partition coefficient (Wildman–Crippen LogP) is 2.20. The van der Waals surface area contributed by atoms with Crippen LogP contribution < -0.4 is 9.04 Å². The van der Waals surface area contributed by atoms with Crippen LogP contribution in [0.15, 0.2) is 53.4 Å². The summed E-state index contributed by atoms with van der Waals surface area (Å²) in [4.78, 5) is 11.3. The fraction of sp³-hybridized carbons (Fsp3) is 0.188. The number of hydrogen-bond acceptors (Lipinski definition) is 5. The van der Waals surface area contributed by atoms with Crippen molar-refractivity contribution in [3.8, 4) is 5.75 Å². The van der Waals surface area contributed by atoms with Gasteiger partial charge in [0.1, 0.15) is 6.54 Å². The van der Waals surface area contributed by atoms with Gasteiger partial charge in [-0.05, 0) is 30.3 Å². The molecule has 128 valence electrons. The molecule has 0 heterocycles. The average Bonchev–Trinajstić information content (AvgIpc) is 2.59. The lowest BCUT2D eigenvalue weighted by Crippen LogP contribution is -2.36. The van der Waals surface area contributed by atoms with Gasteiger partial charge in [0.15, 0.2) is 11.6 Å². The number of methoxy groups -OCH3 is 2. The Labute approximate surface area is 139 Å². The number of halogens is 1. The van der Waals surface area contributed by atoms with Crippen molar-refractivity contribution in [3.63, 3.8) is 0 Å². The number of benzene rings is 2. The average molecular weight is 353 g/mol. The van der Waals surface area contributed by atoms with Crippen molar-refractivity contribution < 1.29 is 27.1 Å². The number of anilines is 1. The van der Waals surface area contributed by atoms with Crippen LogP contribution in [0.5, 0.6) is 5.75 Å². The van der Waals surface area contributed by atoms with Gasteiger partial charge < -0.3 is 9.47 Å². The first-order chi connectivity index (χ1) is 11.4. The molecule has 0 fully saturated rings. The van der Waals surface area contributed by atoms with Crippen LogP contribution in [0, 0.1) is 5.82 Å². The van der Waals surface area contributed by atoms with Gasteiger partial charge in [0.2, 0.25) is 0 Å². The number of carbonyl (C=O) groups excluding carboxylic acids is 1. The molecule has 0 saturated carbocycles. The van der Waals surface area contributed by atoms with Gasteiger partial charge >= 0.3 is 5.97 Å². The third kappa shape index (κ3) is 3.65. The smallest absolute Gasteiger partial charge is 0.326 e. The molecule has 0 aliphatic carbocycles. The molecule has 0 radical (unpaired) electrons. The number of esters is 1. The zero-order chi connectivity index (χ0) is 17.7. The van der Waals surface area contributed by atoms with Crippen molar-refractivity contribution in [1.82, 2.24) is 0 Å². The van der Waals surface area contributed by atoms with Gasteiger partial charge in [-0.2, -0.15) is 0 Å². The summed E-state index contributed by atoms with van der Waals surface area (Å²) in [5.74, 6) is -1.63. The third-order valence-electron chi connectivity index (χ3n) is 3.26. The van der Waals surface area contributed by atoms with Crippen molar-refractivity contribution in [3.05, 3.63) is 54.3 Å². The zero-order valence-corrected chi connectivity index (χ0v) is 13.9. The maximum Gasteiger partial charge on any atom is 0.326 e. The van der Waals surface area contributed by atoms with Crippen LogP contribution in [0.2, 0.25) is 0 Å². The zero-order valence-electron chi connectivity index (χ0n) is 13.1. The van der Waals surface area contributed by atoms with Crippen molar-refractivity contribution in [2.75, 3.05) is 25.1 Å². The first kappa shape index (κ1) is 17.7. The minimum absolute atomic E-state index is 0.0758. The Kier molecular flexibility index (Phi) is 5.40. The van der Waals surface area contributed by atoms with Crippen LogP contribution in [0.3, 0.4) is 0 Å². The lowest BCUT2D eigenvalue weighted by Gasteiger charge is -2.23. The summed E-state index contributed by atoms with van der Waals surface area (Å²) in [6.07, 6.45) is 0. The summed E-state index contributed by atoms with van der Waals surface area (Å²) in [5.41, 5.74) is 0.263. The molecular formula is C16H16FNO5S. The van der Waals surface area contributed by atoms with E-state index in [1.165, 1.54) is 31.4 Å². The van der Waals surface area contributed by atoms with Crippen LogP contribution in [0.25, 0.3) is 0 Å². The SMILES string of the molecule is COC(=O)CN(c1ccccc1)S(=O)(=O)c1ccc(OC)c(F)c1. The van der Waals surface area contributed by atoms with E-state index >= 15 is 0 Å². The van der Waals surface area contributed by atoms with E-state index in [9.17, 15) is 17.6 Å². The standard InChI is InChI=1S/C16H16FNO5S/c1-22-15-9-8-13(10-14(15)17)24(20,21)18(11-16(19)23-2)12-6-4-3-5-7-12/h3-10H,11H2,1-2H3. The Hall–Kier alpha value is -2.61. The van der Waals surface area contributed by atoms with Gasteiger partial charge in [-0.25, -0.2) is 12.8 Å². The molecule has 0 aliphatic heterocycles. The van der Waals surface area contributed by atoms with E-state index in [-0.39, 0.29) is 16.3 Å². The van der Waals surface area contributed by atoms with Crippen molar-refractivity contribution in [2.24, 2.45) is 0 Å². The fourth-order valence-corrected chi connectivity index (χ4v) is 3.45. The van der Waals surface area contributed by atoms with E-state index < -0.39 is 28.4 Å². The van der Waals surface area contributed by atoms with E-state index in [0.717, 1.165) is 17.5 Å². The minimum Gasteiger partial charge on any atom is -0.494 e. The summed E-state index contributed by atoms with van der Waals surface area (Å²) >= 11 is 0. The third-order valence-corrected chi connectivity index (χ3v) is 5.03. The molecule has 0 bridgehead atoms. The molecule has 2 rings (SSSR count). The molecule has 0 aliphatic rings. The van der Waals surface area contributed by atoms with E-state index in [0.29, 0.717) is 0 Å². The van der Waals surface area contributed by atoms with Crippen LogP contribution in [-0.2, 0) is 19.6 Å². The number of ether oxygens (including phenoxy) is 2. The molecule has 0 saturated heterocycles. The topological polar surface area (TPSA) is 72.9 Å². The minimum atomic E-state index is -4.17. The maximum absolute atomic E-state index is 13.9. The van der Waals surface area contributed by atoms with Crippen LogP contribution in [0.1, 0.15) is 0 Å². The number of para-hydroxylation sites is 1. The Morgan fingerprint density at radius 3 is 2.33 bits per heavy atom. The lowest BCUT2D eigenvalue weighted by atomic mass is 10.3. The second-order valence-electron chi connectivity index (χ2n) is 4.72. The molecule has 0 amide bonds. The summed E-state index contributed by atoms with van der Waals surface area (Å²) in [5, 5.41) is 0. The second kappa shape index (κ2) is 7.31. The highest BCUT2D eigenvalue weighted by Gasteiger charge is 2.28. The molecule has 2 aromatic rings. The van der Waals surface area contributed by atoms with Gasteiger partial charge in [-0.3, -0.25) is 9.10 Å². The molecule has 6 nitrogen and oxygen atoms in total. The van der Waals surface area contributed by atoms with Crippen molar-refractivity contribution in [2.45, 2.75) is 4.90 Å². The lowest BCUT2D eigenvalue weighted by molar-refractivity contribution is -0.138. The largest absolute Gasteiger partial charge is 0.494 e. The molecule has 0 N–H and O–H groups in total. The normalized spacial score (nSPS) is 11.0. The van der Waals surface area contributed by atoms with Crippen molar-refractivity contribution in [1.29, 1.82) is 0 Å². The number of hydrogen-bond donors (Lipinski definition) is 0. The molecule has 24 heavy (non-hydrogen) atoms. The molecule has 0 unspecified atom stereocenters. The van der Waals surface area contributed by atoms with E-state index in [1.807, 2.05) is 0 Å². The summed E-state index contributed by atoms with van der Waals surface area (Å²) < 4.78 is 49.8. The molecule has 2 aromatic carbocycles. The van der Waals surface area contributed by atoms with E-state index in [1.54, 1.807) is 18.2 Å². The van der Waals surface area contributed by atoms with Gasteiger partial charge in [0.25, 0.3) is 10.0 Å². The summed E-state index contributed by atoms with van der Waals surface area (Å²) in [7, 11) is -1.73. The first-order valence-corrected chi connectivity index (χ1v) is 8.32. The molecule has 0 spiro atoms. The Morgan fingerprint density at radius 2 is 1.79 bits per heavy atom. The fourth-order valence-electron chi connectivity index (χ4n) is 2.03. The molecular weight excluding hydrogens is 337 g/mol. The Morgan fingerprint density at radius 1 is 1.12 bits per heavy atom. The van der Waals surface area contributed by atoms with Gasteiger partial charge in [-0.15, -0.1) is 0 Å². The van der Waals surface area contributed by atoms with Crippen LogP contribution >= 0.6 is 0 Å². The summed E-state index contributed by atoms with van der Waals surface area (Å²) in [6, 6.07) is 11.3. The molecule has 0 aromatic heterocycles. The monoisotopic (exact) mass is 353 g/mol. The highest BCUT2D eigenvalue weighted by Crippen LogP contribution is 2.26. The first-order valence-electron chi connectivity index (χ1n) is 6.88. The Balaban J connectivity index is 2.51. The van der Waals surface area contributed by atoms with Crippen LogP contribution in [-0.4, -0.2) is 35.2 Å². The van der Waals surface area contributed by atoms with Crippen molar-refractivity contribution >= 4 is 21.7 Å². The van der Waals surface area contributed by atoms with Gasteiger partial charge in [0, 0.05) is 0 Å². The summed E-state index contributed by atoms with van der Waals surface area (Å²) in [6.45, 7) is -0.531. The number of nitrogens with zero attached hydrogens (tertiary/aromatic N) is 1. The quantitative estimate of drug-likeness (QED) is 0.745. The predicted molar refractivity (Wildman–Crippen MR) is 85.9 cm³/mol. The van der Waals surface area contributed by atoms with Gasteiger partial charge in [-0.1, -0.05) is 18.2 Å². The van der Waals surface area contributed by atoms with E-state index in [2.05, 4.69) is 4.74 Å². The van der Waals surface area contributed by atoms with E-state index in [4.69, 9.17) is 4.74 Å². The number of sulfonamides is 1. The highest BCUT2D eigenvalue weighted by atomic mass is 32.2. The highest BCUT2D eigenvalue weighted by molar-refractivity contribution is 7.92. The molecule has 0 atom stereocenters. The maximum atomic E-state index is 13.9. The van der Waals surface area contributed by atoms with Gasteiger partial charge in [0.05, 0.1) is 24.8 Å². The molecule has 8 heteroatoms. The number of rotatable bonds is 6. The van der Waals surface area contributed by atoms with Crippen LogP contribution in [0.4, 0.5) is 10.1 Å². The number of carbonyl (C=O) groups is 1. The second-order valence-corrected chi connectivity index (χ2v) is 6.58. The Bertz CT molecular complexity index is 824.